The van der Waals surface area contributed by atoms with Crippen molar-refractivity contribution in [3.8, 4) is 11.6 Å². The van der Waals surface area contributed by atoms with Crippen molar-refractivity contribution in [2.24, 2.45) is 10.9 Å². The molecule has 31 heavy (non-hydrogen) atoms. The van der Waals surface area contributed by atoms with Crippen LogP contribution in [0.25, 0.3) is 0 Å². The van der Waals surface area contributed by atoms with Gasteiger partial charge in [0.1, 0.15) is 17.2 Å². The van der Waals surface area contributed by atoms with Crippen molar-refractivity contribution in [3.05, 3.63) is 35.2 Å². The number of phenolic OH excluding ortho intramolecular Hbond substituents is 1. The number of fused-ring (bicyclic) bond motifs is 1. The lowest BCUT2D eigenvalue weighted by Gasteiger charge is -2.33. The lowest BCUT2D eigenvalue weighted by Crippen LogP contribution is -2.41. The van der Waals surface area contributed by atoms with E-state index in [-0.39, 0.29) is 29.8 Å². The smallest absolute Gasteiger partial charge is 0.303 e. The molecule has 1 saturated carbocycles. The van der Waals surface area contributed by atoms with Crippen LogP contribution in [0.1, 0.15) is 68.8 Å². The lowest BCUT2D eigenvalue weighted by molar-refractivity contribution is -0.138. The summed E-state index contributed by atoms with van der Waals surface area (Å²) in [6, 6.07) is 5.60. The molecule has 0 saturated heterocycles. The summed E-state index contributed by atoms with van der Waals surface area (Å²) in [7, 11) is 0. The van der Waals surface area contributed by atoms with Crippen molar-refractivity contribution in [2.75, 3.05) is 5.73 Å². The molecule has 0 amide bonds. The normalized spacial score (nSPS) is 22.2. The zero-order chi connectivity index (χ0) is 22.3. The largest absolute Gasteiger partial charge is 0.508 e. The van der Waals surface area contributed by atoms with Crippen LogP contribution in [0.3, 0.4) is 0 Å². The Labute approximate surface area is 181 Å². The average Bonchev–Trinajstić information content (AvgIpc) is 2.67. The number of hydrogen-bond donors (Lipinski definition) is 3. The first-order chi connectivity index (χ1) is 14.6. The van der Waals surface area contributed by atoms with Crippen LogP contribution in [-0.2, 0) is 4.79 Å². The van der Waals surface area contributed by atoms with E-state index in [9.17, 15) is 9.90 Å². The number of ether oxygens (including phenoxy) is 1. The quantitative estimate of drug-likeness (QED) is 0.673. The molecule has 0 radical (unpaired) electrons. The fourth-order valence-electron chi connectivity index (χ4n) is 4.65. The molecule has 4 rings (SSSR count). The van der Waals surface area contributed by atoms with Gasteiger partial charge < -0.3 is 20.7 Å². The van der Waals surface area contributed by atoms with Gasteiger partial charge in [-0.25, -0.2) is 9.98 Å². The Hall–Kier alpha value is -3.16. The lowest BCUT2D eigenvalue weighted by atomic mass is 9.77. The van der Waals surface area contributed by atoms with Crippen LogP contribution >= 0.6 is 0 Å². The van der Waals surface area contributed by atoms with Gasteiger partial charge in [0.05, 0.1) is 5.71 Å². The van der Waals surface area contributed by atoms with Gasteiger partial charge in [0.25, 0.3) is 0 Å². The molecule has 1 aromatic heterocycles. The Kier molecular flexibility index (Phi) is 5.33. The number of rotatable bonds is 4. The second kappa shape index (κ2) is 7.83. The third-order valence-electron chi connectivity index (χ3n) is 6.19. The number of nitrogen functional groups attached to an aromatic ring is 1. The molecule has 0 bridgehead atoms. The van der Waals surface area contributed by atoms with Crippen molar-refractivity contribution in [3.63, 3.8) is 0 Å². The number of aromatic hydroxyl groups is 1. The van der Waals surface area contributed by atoms with Gasteiger partial charge in [-0.05, 0) is 69.9 Å². The van der Waals surface area contributed by atoms with Gasteiger partial charge >= 0.3 is 5.97 Å². The van der Waals surface area contributed by atoms with E-state index < -0.39 is 11.6 Å². The molecule has 2 aliphatic rings. The molecule has 1 aromatic carbocycles. The zero-order valence-electron chi connectivity index (χ0n) is 18.1. The second-order valence-electron chi connectivity index (χ2n) is 8.97. The van der Waals surface area contributed by atoms with E-state index in [1.807, 2.05) is 26.0 Å². The Morgan fingerprint density at radius 3 is 2.58 bits per heavy atom. The van der Waals surface area contributed by atoms with E-state index in [2.05, 4.69) is 9.97 Å². The maximum atomic E-state index is 11.0. The Bertz CT molecular complexity index is 1060. The number of nitrogens with zero attached hydrogens (tertiary/aromatic N) is 3. The van der Waals surface area contributed by atoms with Gasteiger partial charge in [0.15, 0.2) is 11.5 Å². The van der Waals surface area contributed by atoms with Crippen LogP contribution in [-0.4, -0.2) is 37.5 Å². The predicted octanol–water partition coefficient (Wildman–Crippen LogP) is 4.11. The number of benzene rings is 1. The third kappa shape index (κ3) is 4.19. The summed E-state index contributed by atoms with van der Waals surface area (Å²) in [6.45, 7) is 5.55. The molecule has 2 heterocycles. The first-order valence-corrected chi connectivity index (χ1v) is 10.6. The minimum absolute atomic E-state index is 0.219. The Morgan fingerprint density at radius 2 is 1.94 bits per heavy atom. The molecule has 8 nitrogen and oxygen atoms in total. The Morgan fingerprint density at radius 1 is 1.23 bits per heavy atom. The molecule has 1 aliphatic carbocycles. The minimum Gasteiger partial charge on any atom is -0.508 e. The molecular formula is C23H28N4O4. The van der Waals surface area contributed by atoms with Crippen LogP contribution in [0, 0.1) is 12.8 Å². The molecule has 8 heteroatoms. The highest BCUT2D eigenvalue weighted by molar-refractivity contribution is 6.09. The Balaban J connectivity index is 1.60. The number of aryl methyl sites for hydroxylation is 1. The van der Waals surface area contributed by atoms with E-state index in [1.54, 1.807) is 13.0 Å². The van der Waals surface area contributed by atoms with Gasteiger partial charge in [-0.2, -0.15) is 4.98 Å². The summed E-state index contributed by atoms with van der Waals surface area (Å²) in [4.78, 5) is 24.1. The molecule has 1 aliphatic heterocycles. The number of aliphatic carboxylic acids is 1. The molecule has 0 unspecified atom stereocenters. The maximum absolute atomic E-state index is 11.0. The van der Waals surface area contributed by atoms with E-state index in [1.165, 1.54) is 0 Å². The van der Waals surface area contributed by atoms with Crippen LogP contribution in [0.15, 0.2) is 23.2 Å². The van der Waals surface area contributed by atoms with Crippen molar-refractivity contribution in [2.45, 2.75) is 64.4 Å². The topological polar surface area (TPSA) is 131 Å². The molecule has 164 valence electrons. The van der Waals surface area contributed by atoms with Gasteiger partial charge in [0.2, 0.25) is 5.88 Å². The molecule has 0 atom stereocenters. The predicted molar refractivity (Wildman–Crippen MR) is 117 cm³/mol. The fourth-order valence-corrected chi connectivity index (χ4v) is 4.65. The maximum Gasteiger partial charge on any atom is 0.303 e. The van der Waals surface area contributed by atoms with Crippen molar-refractivity contribution in [1.82, 2.24) is 9.97 Å². The van der Waals surface area contributed by atoms with Crippen molar-refractivity contribution >= 4 is 23.2 Å². The third-order valence-corrected chi connectivity index (χ3v) is 6.19. The summed E-state index contributed by atoms with van der Waals surface area (Å²) in [5.41, 5.74) is 7.97. The highest BCUT2D eigenvalue weighted by atomic mass is 16.5. The highest BCUT2D eigenvalue weighted by Crippen LogP contribution is 2.42. The van der Waals surface area contributed by atoms with Gasteiger partial charge in [-0.1, -0.05) is 12.1 Å². The number of nitrogens with two attached hydrogens (primary N) is 1. The number of aliphatic imine (C=N–C) groups is 1. The number of carboxylic acids is 1. The summed E-state index contributed by atoms with van der Waals surface area (Å²) >= 11 is 0. The van der Waals surface area contributed by atoms with E-state index in [0.29, 0.717) is 23.1 Å². The number of hydrogen-bond acceptors (Lipinski definition) is 7. The van der Waals surface area contributed by atoms with Crippen LogP contribution < -0.4 is 10.5 Å². The SMILES string of the molecule is Cc1nc(N)c2c(n1)OC(C)(C)C(c1ccc(C3CCC(CC(=O)O)CC3)c(O)c1)=N2. The van der Waals surface area contributed by atoms with E-state index >= 15 is 0 Å². The summed E-state index contributed by atoms with van der Waals surface area (Å²) in [5, 5.41) is 19.8. The van der Waals surface area contributed by atoms with Crippen LogP contribution in [0.4, 0.5) is 11.5 Å². The molecular weight excluding hydrogens is 396 g/mol. The van der Waals surface area contributed by atoms with Crippen molar-refractivity contribution < 1.29 is 19.7 Å². The second-order valence-corrected chi connectivity index (χ2v) is 8.97. The number of aromatic nitrogens is 2. The highest BCUT2D eigenvalue weighted by Gasteiger charge is 2.36. The van der Waals surface area contributed by atoms with E-state index in [0.717, 1.165) is 36.8 Å². The van der Waals surface area contributed by atoms with Crippen LogP contribution in [0.5, 0.6) is 11.6 Å². The first-order valence-electron chi connectivity index (χ1n) is 10.6. The molecule has 1 fully saturated rings. The summed E-state index contributed by atoms with van der Waals surface area (Å²) in [6.07, 6.45) is 3.70. The van der Waals surface area contributed by atoms with E-state index in [4.69, 9.17) is 20.6 Å². The number of phenols is 1. The molecule has 4 N–H and O–H groups in total. The number of anilines is 1. The number of carbonyl (C=O) groups is 1. The van der Waals surface area contributed by atoms with Crippen molar-refractivity contribution in [1.29, 1.82) is 0 Å². The molecule has 2 aromatic rings. The summed E-state index contributed by atoms with van der Waals surface area (Å²) in [5.74, 6) is 1.07. The standard InChI is InChI=1S/C23H28N4O4/c1-12-25-21(24)19-22(26-12)31-23(2,3)20(27-19)15-8-9-16(17(28)11-15)14-6-4-13(5-7-14)10-18(29)30/h8-9,11,13-14,28H,4-7,10H2,1-3H3,(H,29,30)(H2,24,25,26). The fraction of sp³-hybridized carbons (Fsp3) is 0.478. The van der Waals surface area contributed by atoms with Crippen LogP contribution in [0.2, 0.25) is 0 Å². The average molecular weight is 425 g/mol. The van der Waals surface area contributed by atoms with Gasteiger partial charge in [0, 0.05) is 12.0 Å². The molecule has 0 spiro atoms. The number of carboxylic acid groups (broad SMARTS) is 1. The summed E-state index contributed by atoms with van der Waals surface area (Å²) < 4.78 is 6.09. The zero-order valence-corrected chi connectivity index (χ0v) is 18.1. The first kappa shape index (κ1) is 21.1. The minimum atomic E-state index is -0.761. The monoisotopic (exact) mass is 424 g/mol. The van der Waals surface area contributed by atoms with Gasteiger partial charge in [-0.3, -0.25) is 4.79 Å². The van der Waals surface area contributed by atoms with Gasteiger partial charge in [-0.15, -0.1) is 0 Å².